The molecule has 1 N–H and O–H groups in total. The molecule has 0 radical (unpaired) electrons. The second-order valence-electron chi connectivity index (χ2n) is 6.88. The molecular weight excluding hydrogens is 419 g/mol. The van der Waals surface area contributed by atoms with Crippen LogP contribution in [0.25, 0.3) is 17.1 Å². The zero-order valence-corrected chi connectivity index (χ0v) is 17.9. The molecule has 0 atom stereocenters. The van der Waals surface area contributed by atoms with E-state index in [1.54, 1.807) is 28.9 Å². The quantitative estimate of drug-likeness (QED) is 0.419. The van der Waals surface area contributed by atoms with E-state index >= 15 is 0 Å². The molecule has 5 nitrogen and oxygen atoms in total. The lowest BCUT2D eigenvalue weighted by atomic mass is 10.2. The number of para-hydroxylation sites is 1. The Morgan fingerprint density at radius 3 is 2.37 bits per heavy atom. The van der Waals surface area contributed by atoms with Crippen LogP contribution in [0.5, 0.6) is 0 Å². The summed E-state index contributed by atoms with van der Waals surface area (Å²) in [6, 6.07) is 20.4. The van der Waals surface area contributed by atoms with Crippen LogP contribution in [-0.2, 0) is 0 Å². The minimum absolute atomic E-state index is 0.0555. The number of hydrogen-bond acceptors (Lipinski definition) is 3. The summed E-state index contributed by atoms with van der Waals surface area (Å²) in [6.07, 6.45) is 0. The maximum absolute atomic E-state index is 12.9. The molecule has 1 amide bonds. The first-order chi connectivity index (χ1) is 14.4. The third-order valence-electron chi connectivity index (χ3n) is 4.69. The summed E-state index contributed by atoms with van der Waals surface area (Å²) in [4.78, 5) is 17.4. The Morgan fingerprint density at radius 1 is 0.933 bits per heavy atom. The Labute approximate surface area is 184 Å². The van der Waals surface area contributed by atoms with Crippen LogP contribution in [0.15, 0.2) is 66.7 Å². The fourth-order valence-electron chi connectivity index (χ4n) is 3.02. The lowest BCUT2D eigenvalue weighted by Crippen LogP contribution is -2.14. The number of carbonyl (C=O) groups excluding carboxylic acids is 1. The fraction of sp³-hybridized carbons (Fsp3) is 0.0870. The molecule has 1 aromatic heterocycles. The van der Waals surface area contributed by atoms with Gasteiger partial charge in [-0.15, -0.1) is 5.10 Å². The number of amides is 1. The van der Waals surface area contributed by atoms with Crippen molar-refractivity contribution in [2.75, 3.05) is 5.32 Å². The van der Waals surface area contributed by atoms with E-state index in [9.17, 15) is 4.79 Å². The first-order valence-electron chi connectivity index (χ1n) is 9.29. The summed E-state index contributed by atoms with van der Waals surface area (Å²) >= 11 is 12.2. The summed E-state index contributed by atoms with van der Waals surface area (Å²) in [7, 11) is 0. The number of carbonyl (C=O) groups is 1. The van der Waals surface area contributed by atoms with E-state index in [1.807, 2.05) is 56.3 Å². The highest BCUT2D eigenvalue weighted by Gasteiger charge is 2.20. The Hall–Kier alpha value is -3.15. The molecule has 0 aliphatic heterocycles. The highest BCUT2D eigenvalue weighted by molar-refractivity contribution is 6.31. The molecule has 0 saturated heterocycles. The highest BCUT2D eigenvalue weighted by Crippen LogP contribution is 2.25. The Morgan fingerprint density at radius 2 is 1.67 bits per heavy atom. The third kappa shape index (κ3) is 4.08. The molecule has 4 aromatic rings. The van der Waals surface area contributed by atoms with E-state index in [0.29, 0.717) is 21.6 Å². The van der Waals surface area contributed by atoms with Gasteiger partial charge in [0, 0.05) is 21.3 Å². The average Bonchev–Trinajstić information content (AvgIpc) is 3.17. The van der Waals surface area contributed by atoms with Crippen molar-refractivity contribution in [1.82, 2.24) is 14.8 Å². The summed E-state index contributed by atoms with van der Waals surface area (Å²) < 4.78 is 1.68. The Balaban J connectivity index is 1.76. The minimum atomic E-state index is -0.419. The average molecular weight is 437 g/mol. The SMILES string of the molecule is Cc1ccc(NC(=O)c2nc(-c3ccc(Cl)cc3)n(-c3ccccc3C)n2)cc1Cl. The van der Waals surface area contributed by atoms with Gasteiger partial charge in [0.25, 0.3) is 5.91 Å². The molecule has 30 heavy (non-hydrogen) atoms. The number of anilines is 1. The van der Waals surface area contributed by atoms with Crippen molar-refractivity contribution in [3.63, 3.8) is 0 Å². The van der Waals surface area contributed by atoms with Gasteiger partial charge >= 0.3 is 0 Å². The van der Waals surface area contributed by atoms with Crippen molar-refractivity contribution in [1.29, 1.82) is 0 Å². The lowest BCUT2D eigenvalue weighted by molar-refractivity contribution is 0.101. The predicted molar refractivity (Wildman–Crippen MR) is 121 cm³/mol. The first kappa shape index (κ1) is 20.1. The van der Waals surface area contributed by atoms with E-state index in [0.717, 1.165) is 22.4 Å². The smallest absolute Gasteiger partial charge is 0.295 e. The molecule has 150 valence electrons. The van der Waals surface area contributed by atoms with Crippen LogP contribution >= 0.6 is 23.2 Å². The van der Waals surface area contributed by atoms with Gasteiger partial charge in [0.15, 0.2) is 5.82 Å². The van der Waals surface area contributed by atoms with Gasteiger partial charge < -0.3 is 5.32 Å². The molecule has 0 aliphatic rings. The maximum Gasteiger partial charge on any atom is 0.295 e. The standard InChI is InChI=1S/C23H18Cl2N4O/c1-14-7-12-18(13-19(14)25)26-23(30)21-27-22(16-8-10-17(24)11-9-16)29(28-21)20-6-4-3-5-15(20)2/h3-13H,1-2H3,(H,26,30). The predicted octanol–water partition coefficient (Wildman–Crippen LogP) is 6.11. The number of benzene rings is 3. The van der Waals surface area contributed by atoms with Crippen LogP contribution in [0.3, 0.4) is 0 Å². The van der Waals surface area contributed by atoms with E-state index in [2.05, 4.69) is 15.4 Å². The molecule has 3 aromatic carbocycles. The van der Waals surface area contributed by atoms with Gasteiger partial charge in [-0.05, 0) is 67.4 Å². The molecule has 0 aliphatic carbocycles. The number of halogens is 2. The van der Waals surface area contributed by atoms with Crippen molar-refractivity contribution in [3.05, 3.63) is 93.7 Å². The maximum atomic E-state index is 12.9. The normalized spacial score (nSPS) is 10.8. The fourth-order valence-corrected chi connectivity index (χ4v) is 3.33. The summed E-state index contributed by atoms with van der Waals surface area (Å²) in [5, 5.41) is 8.51. The molecule has 1 heterocycles. The van der Waals surface area contributed by atoms with Gasteiger partial charge in [0.1, 0.15) is 0 Å². The molecular formula is C23H18Cl2N4O. The van der Waals surface area contributed by atoms with Gasteiger partial charge in [-0.2, -0.15) is 0 Å². The number of aromatic nitrogens is 3. The summed E-state index contributed by atoms with van der Waals surface area (Å²) in [5.74, 6) is 0.186. The zero-order valence-electron chi connectivity index (χ0n) is 16.4. The second-order valence-corrected chi connectivity index (χ2v) is 7.73. The number of nitrogens with zero attached hydrogens (tertiary/aromatic N) is 3. The molecule has 0 unspecified atom stereocenters. The van der Waals surface area contributed by atoms with Gasteiger partial charge in [-0.25, -0.2) is 9.67 Å². The monoisotopic (exact) mass is 436 g/mol. The van der Waals surface area contributed by atoms with Crippen LogP contribution in [-0.4, -0.2) is 20.7 Å². The van der Waals surface area contributed by atoms with Crippen molar-refractivity contribution < 1.29 is 4.79 Å². The van der Waals surface area contributed by atoms with Crippen molar-refractivity contribution >= 4 is 34.8 Å². The number of rotatable bonds is 4. The largest absolute Gasteiger partial charge is 0.319 e. The summed E-state index contributed by atoms with van der Waals surface area (Å²) in [5.41, 5.74) is 4.16. The van der Waals surface area contributed by atoms with E-state index in [-0.39, 0.29) is 5.82 Å². The number of nitrogens with one attached hydrogen (secondary N) is 1. The molecule has 0 saturated carbocycles. The van der Waals surface area contributed by atoms with Crippen LogP contribution in [0.2, 0.25) is 10.0 Å². The molecule has 0 bridgehead atoms. The molecule has 0 spiro atoms. The van der Waals surface area contributed by atoms with Crippen molar-refractivity contribution in [3.8, 4) is 17.1 Å². The number of hydrogen-bond donors (Lipinski definition) is 1. The second kappa shape index (κ2) is 8.30. The van der Waals surface area contributed by atoms with Gasteiger partial charge in [0.2, 0.25) is 5.82 Å². The van der Waals surface area contributed by atoms with E-state index < -0.39 is 5.91 Å². The molecule has 0 fully saturated rings. The Kier molecular flexibility index (Phi) is 5.57. The minimum Gasteiger partial charge on any atom is -0.319 e. The van der Waals surface area contributed by atoms with Crippen LogP contribution < -0.4 is 5.32 Å². The molecule has 4 rings (SSSR count). The van der Waals surface area contributed by atoms with Gasteiger partial charge in [-0.3, -0.25) is 4.79 Å². The van der Waals surface area contributed by atoms with Crippen molar-refractivity contribution in [2.45, 2.75) is 13.8 Å². The van der Waals surface area contributed by atoms with Crippen molar-refractivity contribution in [2.24, 2.45) is 0 Å². The molecule has 7 heteroatoms. The topological polar surface area (TPSA) is 59.8 Å². The number of aryl methyl sites for hydroxylation is 2. The lowest BCUT2D eigenvalue weighted by Gasteiger charge is -2.08. The Bertz CT molecular complexity index is 1230. The highest BCUT2D eigenvalue weighted by atomic mass is 35.5. The van der Waals surface area contributed by atoms with E-state index in [1.165, 1.54) is 0 Å². The van der Waals surface area contributed by atoms with Crippen LogP contribution in [0.1, 0.15) is 21.7 Å². The van der Waals surface area contributed by atoms with Gasteiger partial charge in [0.05, 0.1) is 5.69 Å². The van der Waals surface area contributed by atoms with Crippen LogP contribution in [0, 0.1) is 13.8 Å². The first-order valence-corrected chi connectivity index (χ1v) is 10.0. The van der Waals surface area contributed by atoms with E-state index in [4.69, 9.17) is 23.2 Å². The third-order valence-corrected chi connectivity index (χ3v) is 5.35. The van der Waals surface area contributed by atoms with Crippen LogP contribution in [0.4, 0.5) is 5.69 Å². The van der Waals surface area contributed by atoms with Gasteiger partial charge in [-0.1, -0.05) is 47.5 Å². The summed E-state index contributed by atoms with van der Waals surface area (Å²) in [6.45, 7) is 3.88. The zero-order chi connectivity index (χ0) is 21.3.